The molecule has 0 aromatic rings. The van der Waals surface area contributed by atoms with Gasteiger partial charge < -0.3 is 14.6 Å². The molecule has 5 heteroatoms. The molecule has 0 atom stereocenters. The van der Waals surface area contributed by atoms with Crippen molar-refractivity contribution in [3.05, 3.63) is 24.8 Å². The van der Waals surface area contributed by atoms with Gasteiger partial charge >= 0.3 is 11.9 Å². The fraction of sp³-hybridized carbons (Fsp3) is 0.571. The van der Waals surface area contributed by atoms with Crippen molar-refractivity contribution in [2.45, 2.75) is 33.1 Å². The van der Waals surface area contributed by atoms with Crippen LogP contribution >= 0.6 is 0 Å². The summed E-state index contributed by atoms with van der Waals surface area (Å²) in [6.07, 6.45) is 3.56. The van der Waals surface area contributed by atoms with Gasteiger partial charge in [-0.3, -0.25) is 0 Å². The zero-order chi connectivity index (χ0) is 15.1. The number of carbonyl (C=O) groups is 2. The van der Waals surface area contributed by atoms with Crippen molar-refractivity contribution in [2.75, 3.05) is 19.8 Å². The third-order valence-corrected chi connectivity index (χ3v) is 1.79. The summed E-state index contributed by atoms with van der Waals surface area (Å²) in [6.45, 7) is 11.2. The molecule has 0 spiro atoms. The van der Waals surface area contributed by atoms with Gasteiger partial charge in [-0.05, 0) is 13.3 Å². The van der Waals surface area contributed by atoms with Crippen LogP contribution in [0, 0.1) is 0 Å². The van der Waals surface area contributed by atoms with Crippen LogP contribution in [-0.4, -0.2) is 36.9 Å². The van der Waals surface area contributed by atoms with Crippen LogP contribution in [0.5, 0.6) is 0 Å². The zero-order valence-electron chi connectivity index (χ0n) is 11.8. The van der Waals surface area contributed by atoms with E-state index in [0.29, 0.717) is 18.6 Å². The van der Waals surface area contributed by atoms with E-state index in [1.165, 1.54) is 0 Å². The number of ether oxygens (including phenoxy) is 2. The third kappa shape index (κ3) is 16.4. The smallest absolute Gasteiger partial charge is 0.333 e. The highest BCUT2D eigenvalue weighted by Gasteiger charge is 2.00. The molecule has 1 N–H and O–H groups in total. The Morgan fingerprint density at radius 3 is 2.21 bits per heavy atom. The lowest BCUT2D eigenvalue weighted by atomic mass is 10.3. The van der Waals surface area contributed by atoms with Crippen molar-refractivity contribution in [3.63, 3.8) is 0 Å². The highest BCUT2D eigenvalue weighted by Crippen LogP contribution is 1.94. The molecule has 0 unspecified atom stereocenters. The van der Waals surface area contributed by atoms with E-state index >= 15 is 0 Å². The van der Waals surface area contributed by atoms with Crippen molar-refractivity contribution in [3.8, 4) is 0 Å². The minimum Gasteiger partial charge on any atom is -0.462 e. The van der Waals surface area contributed by atoms with E-state index in [1.54, 1.807) is 6.92 Å². The first kappa shape index (κ1) is 19.7. The summed E-state index contributed by atoms with van der Waals surface area (Å²) < 4.78 is 9.32. The summed E-state index contributed by atoms with van der Waals surface area (Å²) in [5.74, 6) is -0.725. The Balaban J connectivity index is 0. The standard InChI is InChI=1S/C8H14O2.C6H10O3/c1-4-5-6-10-8(9)7(2)3;1-2-6(8)9-5-3-4-7/h2,4-6H2,1,3H3;2,7H,1,3-5H2. The van der Waals surface area contributed by atoms with Gasteiger partial charge in [-0.25, -0.2) is 9.59 Å². The van der Waals surface area contributed by atoms with Gasteiger partial charge in [0, 0.05) is 24.7 Å². The van der Waals surface area contributed by atoms with Crippen LogP contribution in [0.3, 0.4) is 0 Å². The average Bonchev–Trinajstić information content (AvgIpc) is 2.39. The predicted molar refractivity (Wildman–Crippen MR) is 73.5 cm³/mol. The van der Waals surface area contributed by atoms with Crippen LogP contribution < -0.4 is 0 Å². The Morgan fingerprint density at radius 1 is 1.21 bits per heavy atom. The largest absolute Gasteiger partial charge is 0.462 e. The molecule has 5 nitrogen and oxygen atoms in total. The predicted octanol–water partition coefficient (Wildman–Crippen LogP) is 2.00. The minimum atomic E-state index is -0.441. The lowest BCUT2D eigenvalue weighted by Gasteiger charge is -2.01. The number of rotatable bonds is 8. The monoisotopic (exact) mass is 272 g/mol. The van der Waals surface area contributed by atoms with Crippen molar-refractivity contribution < 1.29 is 24.2 Å². The molecule has 0 bridgehead atoms. The Labute approximate surface area is 114 Å². The molecular weight excluding hydrogens is 248 g/mol. The normalized spacial score (nSPS) is 8.79. The molecule has 0 amide bonds. The first-order valence-electron chi connectivity index (χ1n) is 6.22. The minimum absolute atomic E-state index is 0.0461. The van der Waals surface area contributed by atoms with Gasteiger partial charge in [-0.2, -0.15) is 0 Å². The lowest BCUT2D eigenvalue weighted by molar-refractivity contribution is -0.139. The number of aliphatic hydroxyl groups is 1. The molecule has 0 rings (SSSR count). The number of hydrogen-bond donors (Lipinski definition) is 1. The molecule has 0 radical (unpaired) electrons. The van der Waals surface area contributed by atoms with E-state index in [0.717, 1.165) is 18.9 Å². The van der Waals surface area contributed by atoms with Gasteiger partial charge in [0.05, 0.1) is 13.2 Å². The molecule has 0 heterocycles. The molecule has 0 saturated heterocycles. The second-order valence-electron chi connectivity index (χ2n) is 3.72. The SMILES string of the molecule is C=C(C)C(=O)OCCCC.C=CC(=O)OCCCO. The zero-order valence-corrected chi connectivity index (χ0v) is 11.8. The van der Waals surface area contributed by atoms with E-state index in [-0.39, 0.29) is 19.2 Å². The fourth-order valence-corrected chi connectivity index (χ4v) is 0.729. The van der Waals surface area contributed by atoms with Crippen LogP contribution in [0.15, 0.2) is 24.8 Å². The summed E-state index contributed by atoms with van der Waals surface area (Å²) in [6, 6.07) is 0. The topological polar surface area (TPSA) is 72.8 Å². The highest BCUT2D eigenvalue weighted by molar-refractivity contribution is 5.86. The van der Waals surface area contributed by atoms with Crippen LogP contribution in [0.2, 0.25) is 0 Å². The Kier molecular flexibility index (Phi) is 15.0. The molecule has 0 fully saturated rings. The molecule has 0 aromatic carbocycles. The molecule has 110 valence electrons. The van der Waals surface area contributed by atoms with Crippen molar-refractivity contribution in [1.29, 1.82) is 0 Å². The van der Waals surface area contributed by atoms with Crippen LogP contribution in [0.4, 0.5) is 0 Å². The molecule has 0 aliphatic carbocycles. The van der Waals surface area contributed by atoms with Crippen LogP contribution in [0.25, 0.3) is 0 Å². The maximum atomic E-state index is 10.7. The third-order valence-electron chi connectivity index (χ3n) is 1.79. The molecule has 0 aromatic heterocycles. The summed E-state index contributed by atoms with van der Waals surface area (Å²) in [5.41, 5.74) is 0.469. The van der Waals surface area contributed by atoms with Gasteiger partial charge in [-0.1, -0.05) is 26.5 Å². The summed E-state index contributed by atoms with van der Waals surface area (Å²) in [4.78, 5) is 21.0. The maximum Gasteiger partial charge on any atom is 0.333 e. The van der Waals surface area contributed by atoms with Crippen molar-refractivity contribution in [2.24, 2.45) is 0 Å². The van der Waals surface area contributed by atoms with E-state index in [9.17, 15) is 9.59 Å². The average molecular weight is 272 g/mol. The molecular formula is C14H24O5. The molecule has 0 aliphatic heterocycles. The van der Waals surface area contributed by atoms with Gasteiger partial charge in [0.1, 0.15) is 0 Å². The Bertz CT molecular complexity index is 284. The summed E-state index contributed by atoms with van der Waals surface area (Å²) >= 11 is 0. The highest BCUT2D eigenvalue weighted by atomic mass is 16.5. The van der Waals surface area contributed by atoms with Crippen molar-refractivity contribution >= 4 is 11.9 Å². The Morgan fingerprint density at radius 2 is 1.79 bits per heavy atom. The summed E-state index contributed by atoms with van der Waals surface area (Å²) in [7, 11) is 0. The first-order valence-corrected chi connectivity index (χ1v) is 6.22. The van der Waals surface area contributed by atoms with Crippen LogP contribution in [-0.2, 0) is 19.1 Å². The van der Waals surface area contributed by atoms with E-state index in [1.807, 2.05) is 0 Å². The van der Waals surface area contributed by atoms with E-state index in [2.05, 4.69) is 24.8 Å². The van der Waals surface area contributed by atoms with E-state index in [4.69, 9.17) is 9.84 Å². The lowest BCUT2D eigenvalue weighted by Crippen LogP contribution is -2.05. The van der Waals surface area contributed by atoms with Gasteiger partial charge in [0.25, 0.3) is 0 Å². The number of esters is 2. The van der Waals surface area contributed by atoms with Gasteiger partial charge in [0.15, 0.2) is 0 Å². The molecule has 19 heavy (non-hydrogen) atoms. The molecule has 0 saturated carbocycles. The summed E-state index contributed by atoms with van der Waals surface area (Å²) in [5, 5.41) is 8.23. The number of aliphatic hydroxyl groups excluding tert-OH is 1. The number of carbonyl (C=O) groups excluding carboxylic acids is 2. The fourth-order valence-electron chi connectivity index (χ4n) is 0.729. The van der Waals surface area contributed by atoms with Gasteiger partial charge in [-0.15, -0.1) is 0 Å². The second kappa shape index (κ2) is 14.4. The number of unbranched alkanes of at least 4 members (excludes halogenated alkanes) is 1. The number of hydrogen-bond acceptors (Lipinski definition) is 5. The van der Waals surface area contributed by atoms with Crippen molar-refractivity contribution in [1.82, 2.24) is 0 Å². The quantitative estimate of drug-likeness (QED) is 0.415. The maximum absolute atomic E-state index is 10.7. The molecule has 0 aliphatic rings. The van der Waals surface area contributed by atoms with Gasteiger partial charge in [0.2, 0.25) is 0 Å². The Hall–Kier alpha value is -1.62. The second-order valence-corrected chi connectivity index (χ2v) is 3.72. The first-order chi connectivity index (χ1) is 8.99. The van der Waals surface area contributed by atoms with Crippen LogP contribution in [0.1, 0.15) is 33.1 Å². The van der Waals surface area contributed by atoms with E-state index < -0.39 is 5.97 Å².